The molecule has 0 aliphatic carbocycles. The smallest absolute Gasteiger partial charge is 0.307 e. The minimum Gasteiger partial charge on any atom is -0.469 e. The molecule has 0 saturated carbocycles. The van der Waals surface area contributed by atoms with E-state index in [1.807, 2.05) is 0 Å². The van der Waals surface area contributed by atoms with Gasteiger partial charge in [0.25, 0.3) is 0 Å². The van der Waals surface area contributed by atoms with Gasteiger partial charge in [0.2, 0.25) is 5.91 Å². The zero-order valence-electron chi connectivity index (χ0n) is 10.2. The van der Waals surface area contributed by atoms with Crippen molar-refractivity contribution in [3.63, 3.8) is 0 Å². The second-order valence-electron chi connectivity index (χ2n) is 3.80. The fourth-order valence-corrected chi connectivity index (χ4v) is 1.40. The van der Waals surface area contributed by atoms with E-state index in [9.17, 15) is 14.0 Å². The number of esters is 1. The first-order chi connectivity index (χ1) is 8.61. The van der Waals surface area contributed by atoms with Crippen molar-refractivity contribution in [2.24, 2.45) is 0 Å². The molecule has 0 aliphatic rings. The molecule has 5 heteroatoms. The average Bonchev–Trinajstić information content (AvgIpc) is 2.38. The minimum atomic E-state index is -0.353. The molecule has 0 atom stereocenters. The van der Waals surface area contributed by atoms with Crippen molar-refractivity contribution in [3.05, 3.63) is 35.6 Å². The fourth-order valence-electron chi connectivity index (χ4n) is 1.40. The summed E-state index contributed by atoms with van der Waals surface area (Å²) in [5.74, 6) is -0.779. The Labute approximate surface area is 105 Å². The molecular weight excluding hydrogens is 237 g/mol. The van der Waals surface area contributed by atoms with Crippen LogP contribution in [0.3, 0.4) is 0 Å². The van der Waals surface area contributed by atoms with Crippen LogP contribution in [0.15, 0.2) is 24.3 Å². The maximum absolute atomic E-state index is 12.6. The third-order valence-corrected chi connectivity index (χ3v) is 2.43. The number of hydrogen-bond acceptors (Lipinski definition) is 3. The standard InChI is InChI=1S/C13H16FNO3/c1-18-13(17)8-9-15-12(16)7-4-10-2-5-11(14)6-3-10/h2-3,5-6H,4,7-9H2,1H3,(H,15,16). The van der Waals surface area contributed by atoms with E-state index >= 15 is 0 Å². The van der Waals surface area contributed by atoms with E-state index in [1.54, 1.807) is 12.1 Å². The monoisotopic (exact) mass is 253 g/mol. The molecule has 98 valence electrons. The number of carbonyl (C=O) groups excluding carboxylic acids is 2. The van der Waals surface area contributed by atoms with Gasteiger partial charge < -0.3 is 10.1 Å². The molecule has 1 aromatic carbocycles. The van der Waals surface area contributed by atoms with Crippen LogP contribution in [0.1, 0.15) is 18.4 Å². The zero-order chi connectivity index (χ0) is 13.4. The second-order valence-corrected chi connectivity index (χ2v) is 3.80. The lowest BCUT2D eigenvalue weighted by Gasteiger charge is -2.04. The van der Waals surface area contributed by atoms with Gasteiger partial charge in [-0.25, -0.2) is 4.39 Å². The summed E-state index contributed by atoms with van der Waals surface area (Å²) in [5, 5.41) is 2.62. The van der Waals surface area contributed by atoms with Crippen LogP contribution in [0.5, 0.6) is 0 Å². The Morgan fingerprint density at radius 2 is 1.89 bits per heavy atom. The summed E-state index contributed by atoms with van der Waals surface area (Å²) in [4.78, 5) is 22.2. The predicted octanol–water partition coefficient (Wildman–Crippen LogP) is 1.44. The zero-order valence-corrected chi connectivity index (χ0v) is 10.2. The third kappa shape index (κ3) is 5.43. The highest BCUT2D eigenvalue weighted by molar-refractivity contribution is 5.77. The summed E-state index contributed by atoms with van der Waals surface area (Å²) in [6.45, 7) is 0.273. The molecule has 0 fully saturated rings. The van der Waals surface area contributed by atoms with Gasteiger partial charge in [-0.05, 0) is 24.1 Å². The number of carbonyl (C=O) groups is 2. The molecule has 0 aliphatic heterocycles. The molecule has 18 heavy (non-hydrogen) atoms. The lowest BCUT2D eigenvalue weighted by Crippen LogP contribution is -2.26. The molecule has 0 saturated heterocycles. The lowest BCUT2D eigenvalue weighted by molar-refractivity contribution is -0.140. The molecule has 1 aromatic rings. The second kappa shape index (κ2) is 7.42. The topological polar surface area (TPSA) is 55.4 Å². The largest absolute Gasteiger partial charge is 0.469 e. The quantitative estimate of drug-likeness (QED) is 0.780. The molecule has 0 bridgehead atoms. The van der Waals surface area contributed by atoms with Gasteiger partial charge >= 0.3 is 5.97 Å². The van der Waals surface area contributed by atoms with Crippen LogP contribution in [-0.2, 0) is 20.7 Å². The number of hydrogen-bond donors (Lipinski definition) is 1. The first kappa shape index (κ1) is 14.2. The van der Waals surface area contributed by atoms with E-state index in [2.05, 4.69) is 10.1 Å². The third-order valence-electron chi connectivity index (χ3n) is 2.43. The Hall–Kier alpha value is -1.91. The number of ether oxygens (including phenoxy) is 1. The lowest BCUT2D eigenvalue weighted by atomic mass is 10.1. The van der Waals surface area contributed by atoms with Gasteiger partial charge in [-0.3, -0.25) is 9.59 Å². The summed E-state index contributed by atoms with van der Waals surface area (Å²) in [6, 6.07) is 6.03. The van der Waals surface area contributed by atoms with E-state index in [1.165, 1.54) is 19.2 Å². The molecule has 0 aromatic heterocycles. The number of halogens is 1. The van der Waals surface area contributed by atoms with E-state index < -0.39 is 0 Å². The van der Waals surface area contributed by atoms with Crippen LogP contribution in [-0.4, -0.2) is 25.5 Å². The van der Waals surface area contributed by atoms with E-state index in [0.29, 0.717) is 12.8 Å². The van der Waals surface area contributed by atoms with Crippen LogP contribution in [0, 0.1) is 5.82 Å². The molecule has 1 N–H and O–H groups in total. The van der Waals surface area contributed by atoms with Crippen molar-refractivity contribution in [2.75, 3.05) is 13.7 Å². The highest BCUT2D eigenvalue weighted by atomic mass is 19.1. The summed E-state index contributed by atoms with van der Waals surface area (Å²) in [6.07, 6.45) is 1.02. The van der Waals surface area contributed by atoms with Gasteiger partial charge in [-0.2, -0.15) is 0 Å². The predicted molar refractivity (Wildman–Crippen MR) is 64.4 cm³/mol. The Kier molecular flexibility index (Phi) is 5.84. The van der Waals surface area contributed by atoms with Crippen LogP contribution in [0.4, 0.5) is 4.39 Å². The number of benzene rings is 1. The normalized spacial score (nSPS) is 9.89. The van der Waals surface area contributed by atoms with Crippen molar-refractivity contribution < 1.29 is 18.7 Å². The van der Waals surface area contributed by atoms with Crippen molar-refractivity contribution >= 4 is 11.9 Å². The molecule has 1 rings (SSSR count). The van der Waals surface area contributed by atoms with Crippen molar-refractivity contribution in [3.8, 4) is 0 Å². The van der Waals surface area contributed by atoms with E-state index in [0.717, 1.165) is 5.56 Å². The van der Waals surface area contributed by atoms with E-state index in [4.69, 9.17) is 0 Å². The molecular formula is C13H16FNO3. The summed E-state index contributed by atoms with van der Waals surface area (Å²) >= 11 is 0. The Balaban J connectivity index is 2.21. The molecule has 0 spiro atoms. The van der Waals surface area contributed by atoms with Crippen LogP contribution < -0.4 is 5.32 Å². The number of methoxy groups -OCH3 is 1. The maximum Gasteiger partial charge on any atom is 0.307 e. The van der Waals surface area contributed by atoms with Crippen LogP contribution in [0.25, 0.3) is 0 Å². The number of amides is 1. The number of rotatable bonds is 6. The molecule has 0 heterocycles. The first-order valence-electron chi connectivity index (χ1n) is 5.70. The van der Waals surface area contributed by atoms with Crippen molar-refractivity contribution in [1.82, 2.24) is 5.32 Å². The van der Waals surface area contributed by atoms with E-state index in [-0.39, 0.29) is 30.7 Å². The van der Waals surface area contributed by atoms with Gasteiger partial charge in [-0.1, -0.05) is 12.1 Å². The summed E-state index contributed by atoms with van der Waals surface area (Å²) in [7, 11) is 1.30. The van der Waals surface area contributed by atoms with Crippen LogP contribution >= 0.6 is 0 Å². The Morgan fingerprint density at radius 1 is 1.22 bits per heavy atom. The first-order valence-corrected chi connectivity index (χ1v) is 5.70. The molecule has 4 nitrogen and oxygen atoms in total. The van der Waals surface area contributed by atoms with Crippen molar-refractivity contribution in [1.29, 1.82) is 0 Å². The SMILES string of the molecule is COC(=O)CCNC(=O)CCc1ccc(F)cc1. The Morgan fingerprint density at radius 3 is 2.50 bits per heavy atom. The average molecular weight is 253 g/mol. The molecule has 0 unspecified atom stereocenters. The highest BCUT2D eigenvalue weighted by Gasteiger charge is 2.04. The van der Waals surface area contributed by atoms with Gasteiger partial charge in [-0.15, -0.1) is 0 Å². The molecule has 1 amide bonds. The van der Waals surface area contributed by atoms with Crippen molar-refractivity contribution in [2.45, 2.75) is 19.3 Å². The minimum absolute atomic E-state index is 0.136. The fraction of sp³-hybridized carbons (Fsp3) is 0.385. The maximum atomic E-state index is 12.6. The molecule has 0 radical (unpaired) electrons. The summed E-state index contributed by atoms with van der Waals surface area (Å²) < 4.78 is 17.1. The van der Waals surface area contributed by atoms with Gasteiger partial charge in [0.05, 0.1) is 13.5 Å². The number of nitrogens with one attached hydrogen (secondary N) is 1. The van der Waals surface area contributed by atoms with Gasteiger partial charge in [0.1, 0.15) is 5.82 Å². The Bertz CT molecular complexity index is 403. The van der Waals surface area contributed by atoms with Gasteiger partial charge in [0, 0.05) is 13.0 Å². The van der Waals surface area contributed by atoms with Gasteiger partial charge in [0.15, 0.2) is 0 Å². The van der Waals surface area contributed by atoms with Crippen LogP contribution in [0.2, 0.25) is 0 Å². The number of aryl methyl sites for hydroxylation is 1. The highest BCUT2D eigenvalue weighted by Crippen LogP contribution is 2.05. The summed E-state index contributed by atoms with van der Waals surface area (Å²) in [5.41, 5.74) is 0.902.